The highest BCUT2D eigenvalue weighted by Gasteiger charge is 2.32. The molecule has 5 nitrogen and oxygen atoms in total. The van der Waals surface area contributed by atoms with Crippen molar-refractivity contribution in [2.75, 3.05) is 19.8 Å². The molecule has 1 aliphatic carbocycles. The van der Waals surface area contributed by atoms with Crippen LogP contribution in [0.3, 0.4) is 0 Å². The Balaban J connectivity index is 2.05. The second-order valence-electron chi connectivity index (χ2n) is 6.18. The van der Waals surface area contributed by atoms with Gasteiger partial charge in [0.05, 0.1) is 24.6 Å². The molecule has 1 aromatic heterocycles. The molecule has 2 unspecified atom stereocenters. The summed E-state index contributed by atoms with van der Waals surface area (Å²) in [6, 6.07) is -0.127. The van der Waals surface area contributed by atoms with E-state index in [0.29, 0.717) is 19.8 Å². The number of carbonyl (C=O) groups excluding carboxylic acids is 1. The van der Waals surface area contributed by atoms with E-state index in [2.05, 4.69) is 36.3 Å². The second-order valence-corrected chi connectivity index (χ2v) is 7.14. The van der Waals surface area contributed by atoms with Crippen molar-refractivity contribution in [3.8, 4) is 0 Å². The summed E-state index contributed by atoms with van der Waals surface area (Å²) in [4.78, 5) is 18.6. The fourth-order valence-electron chi connectivity index (χ4n) is 3.13. The van der Waals surface area contributed by atoms with Gasteiger partial charge in [-0.15, -0.1) is 0 Å². The van der Waals surface area contributed by atoms with Crippen molar-refractivity contribution in [2.45, 2.75) is 38.1 Å². The molecule has 2 heterocycles. The lowest BCUT2D eigenvalue weighted by Gasteiger charge is -2.34. The van der Waals surface area contributed by atoms with Crippen molar-refractivity contribution in [2.24, 2.45) is 0 Å². The summed E-state index contributed by atoms with van der Waals surface area (Å²) in [7, 11) is 0. The molecular weight excluding hydrogens is 310 g/mol. The van der Waals surface area contributed by atoms with Gasteiger partial charge in [0.1, 0.15) is 11.9 Å². The van der Waals surface area contributed by atoms with Crippen LogP contribution < -0.4 is 0 Å². The zero-order valence-corrected chi connectivity index (χ0v) is 14.7. The van der Waals surface area contributed by atoms with Crippen LogP contribution in [0.2, 0.25) is 0 Å². The van der Waals surface area contributed by atoms with E-state index in [0.717, 1.165) is 23.8 Å². The van der Waals surface area contributed by atoms with E-state index in [1.165, 1.54) is 0 Å². The Morgan fingerprint density at radius 2 is 2.22 bits per heavy atom. The molecule has 0 N–H and O–H groups in total. The number of aromatic nitrogens is 2. The van der Waals surface area contributed by atoms with Gasteiger partial charge in [0.2, 0.25) is 5.91 Å². The maximum Gasteiger partial charge on any atom is 0.220 e. The zero-order chi connectivity index (χ0) is 16.6. The van der Waals surface area contributed by atoms with Crippen molar-refractivity contribution in [1.82, 2.24) is 14.5 Å². The Morgan fingerprint density at radius 3 is 2.91 bits per heavy atom. The molecule has 23 heavy (non-hydrogen) atoms. The van der Waals surface area contributed by atoms with E-state index in [1.54, 1.807) is 6.92 Å². The molecule has 124 valence electrons. The Hall–Kier alpha value is -1.53. The minimum atomic E-state index is -0.279. The van der Waals surface area contributed by atoms with Gasteiger partial charge in [0.25, 0.3) is 0 Å². The summed E-state index contributed by atoms with van der Waals surface area (Å²) in [5, 5.41) is 0. The minimum Gasteiger partial charge on any atom is -0.377 e. The molecule has 1 aliphatic heterocycles. The van der Waals surface area contributed by atoms with Crippen molar-refractivity contribution >= 4 is 30.7 Å². The SMILES string of the molecule is CCn1c(C2COCCN2C(C)=O)nc2c1C=CC(C)(S)C=C2. The standard InChI is InChI=1S/C17H23N3O2S/c1-4-19-14-6-8-17(3,23)7-5-13(14)18-16(19)15-11-22-10-9-20(15)12(2)21/h5-8,15,23H,4,9-11H2,1-3H3. The fraction of sp³-hybridized carbons (Fsp3) is 0.529. The first-order chi connectivity index (χ1) is 10.9. The number of thiol groups is 1. The third-order valence-corrected chi connectivity index (χ3v) is 4.67. The first kappa shape index (κ1) is 16.3. The van der Waals surface area contributed by atoms with E-state index < -0.39 is 0 Å². The van der Waals surface area contributed by atoms with Gasteiger partial charge < -0.3 is 14.2 Å². The fourth-order valence-corrected chi connectivity index (χ4v) is 3.28. The van der Waals surface area contributed by atoms with Crippen molar-refractivity contribution in [3.05, 3.63) is 29.4 Å². The topological polar surface area (TPSA) is 47.4 Å². The lowest BCUT2D eigenvalue weighted by Crippen LogP contribution is -2.43. The Morgan fingerprint density at radius 1 is 1.48 bits per heavy atom. The molecule has 0 spiro atoms. The number of rotatable bonds is 2. The summed E-state index contributed by atoms with van der Waals surface area (Å²) in [5.74, 6) is 0.956. The second kappa shape index (κ2) is 6.17. The Kier molecular flexibility index (Phi) is 4.38. The summed E-state index contributed by atoms with van der Waals surface area (Å²) in [5.41, 5.74) is 1.98. The molecule has 0 radical (unpaired) electrons. The molecule has 1 saturated heterocycles. The molecule has 1 fully saturated rings. The summed E-state index contributed by atoms with van der Waals surface area (Å²) in [6.45, 7) is 8.22. The van der Waals surface area contributed by atoms with Crippen LogP contribution in [0.5, 0.6) is 0 Å². The molecule has 2 atom stereocenters. The number of ether oxygens (including phenoxy) is 1. The van der Waals surface area contributed by atoms with E-state index >= 15 is 0 Å². The predicted octanol–water partition coefficient (Wildman–Crippen LogP) is 2.55. The average Bonchev–Trinajstić information content (AvgIpc) is 2.81. The lowest BCUT2D eigenvalue weighted by atomic mass is 10.1. The third kappa shape index (κ3) is 3.10. The van der Waals surface area contributed by atoms with Crippen molar-refractivity contribution in [3.63, 3.8) is 0 Å². The number of imidazole rings is 1. The summed E-state index contributed by atoms with van der Waals surface area (Å²) >= 11 is 4.61. The molecule has 3 rings (SSSR count). The van der Waals surface area contributed by atoms with Crippen LogP contribution in [0, 0.1) is 0 Å². The normalized spacial score (nSPS) is 27.0. The zero-order valence-electron chi connectivity index (χ0n) is 13.8. The molecule has 0 bridgehead atoms. The molecular formula is C17H23N3O2S. The third-order valence-electron chi connectivity index (χ3n) is 4.37. The highest BCUT2D eigenvalue weighted by molar-refractivity contribution is 7.82. The van der Waals surface area contributed by atoms with Crippen LogP contribution in [-0.2, 0) is 16.1 Å². The Labute approximate surface area is 142 Å². The van der Waals surface area contributed by atoms with Crippen molar-refractivity contribution in [1.29, 1.82) is 0 Å². The van der Waals surface area contributed by atoms with Gasteiger partial charge in [0.15, 0.2) is 0 Å². The van der Waals surface area contributed by atoms with Crippen LogP contribution in [0.25, 0.3) is 12.2 Å². The molecule has 1 amide bonds. The number of hydrogen-bond donors (Lipinski definition) is 1. The van der Waals surface area contributed by atoms with Gasteiger partial charge in [-0.05, 0) is 26.0 Å². The minimum absolute atomic E-state index is 0.0631. The monoisotopic (exact) mass is 333 g/mol. The molecule has 1 aromatic rings. The van der Waals surface area contributed by atoms with E-state index in [1.807, 2.05) is 24.0 Å². The predicted molar refractivity (Wildman–Crippen MR) is 94.3 cm³/mol. The molecule has 6 heteroatoms. The van der Waals surface area contributed by atoms with Crippen LogP contribution >= 0.6 is 12.6 Å². The largest absolute Gasteiger partial charge is 0.377 e. The number of nitrogens with zero attached hydrogens (tertiary/aromatic N) is 3. The van der Waals surface area contributed by atoms with E-state index in [9.17, 15) is 4.79 Å². The summed E-state index contributed by atoms with van der Waals surface area (Å²) in [6.07, 6.45) is 8.19. The smallest absolute Gasteiger partial charge is 0.220 e. The van der Waals surface area contributed by atoms with Gasteiger partial charge in [-0.1, -0.05) is 12.2 Å². The maximum atomic E-state index is 12.0. The van der Waals surface area contributed by atoms with Gasteiger partial charge >= 0.3 is 0 Å². The van der Waals surface area contributed by atoms with Crippen molar-refractivity contribution < 1.29 is 9.53 Å². The average molecular weight is 333 g/mol. The highest BCUT2D eigenvalue weighted by atomic mass is 32.1. The first-order valence-corrected chi connectivity index (χ1v) is 8.44. The number of carbonyl (C=O) groups is 1. The number of morpholine rings is 1. The van der Waals surface area contributed by atoms with Crippen LogP contribution in [0.15, 0.2) is 12.2 Å². The quantitative estimate of drug-likeness (QED) is 0.846. The van der Waals surface area contributed by atoms with Gasteiger partial charge in [-0.3, -0.25) is 4.79 Å². The molecule has 2 aliphatic rings. The lowest BCUT2D eigenvalue weighted by molar-refractivity contribution is -0.138. The number of hydrogen-bond acceptors (Lipinski definition) is 4. The van der Waals surface area contributed by atoms with Gasteiger partial charge in [0, 0.05) is 24.8 Å². The van der Waals surface area contributed by atoms with E-state index in [4.69, 9.17) is 9.72 Å². The van der Waals surface area contributed by atoms with Gasteiger partial charge in [-0.2, -0.15) is 12.6 Å². The maximum absolute atomic E-state index is 12.0. The first-order valence-electron chi connectivity index (χ1n) is 7.99. The van der Waals surface area contributed by atoms with E-state index in [-0.39, 0.29) is 16.7 Å². The van der Waals surface area contributed by atoms with Crippen LogP contribution in [0.4, 0.5) is 0 Å². The Bertz CT molecular complexity index is 676. The number of amides is 1. The number of fused-ring (bicyclic) bond motifs is 1. The summed E-state index contributed by atoms with van der Waals surface area (Å²) < 4.78 is 7.50. The van der Waals surface area contributed by atoms with Crippen LogP contribution in [-0.4, -0.2) is 44.9 Å². The van der Waals surface area contributed by atoms with Crippen LogP contribution in [0.1, 0.15) is 44.0 Å². The van der Waals surface area contributed by atoms with Gasteiger partial charge in [-0.25, -0.2) is 4.98 Å². The molecule has 0 aromatic carbocycles. The molecule has 0 saturated carbocycles. The highest BCUT2D eigenvalue weighted by Crippen LogP contribution is 2.31.